The molecule has 0 spiro atoms. The fourth-order valence-electron chi connectivity index (χ4n) is 0.885. The van der Waals surface area contributed by atoms with Crippen LogP contribution in [0.4, 0.5) is 5.69 Å². The zero-order valence-corrected chi connectivity index (χ0v) is 7.03. The van der Waals surface area contributed by atoms with Crippen molar-refractivity contribution in [1.82, 2.24) is 0 Å². The van der Waals surface area contributed by atoms with Crippen LogP contribution >= 0.6 is 0 Å². The number of hydrogen-bond acceptors (Lipinski definition) is 4. The third kappa shape index (κ3) is 2.36. The minimum atomic E-state index is -0.0493. The number of nitrogens with zero attached hydrogens (tertiary/aromatic N) is 1. The van der Waals surface area contributed by atoms with Gasteiger partial charge in [0.1, 0.15) is 18.4 Å². The highest BCUT2D eigenvalue weighted by molar-refractivity contribution is 5.56. The van der Waals surface area contributed by atoms with Crippen molar-refractivity contribution in [3.05, 3.63) is 23.8 Å². The van der Waals surface area contributed by atoms with Gasteiger partial charge in [-0.25, -0.2) is 0 Å². The lowest BCUT2D eigenvalue weighted by molar-refractivity contribution is 0.201. The fraction of sp³-hybridized carbons (Fsp3) is 0.222. The lowest BCUT2D eigenvalue weighted by Gasteiger charge is -2.04. The zero-order valence-electron chi connectivity index (χ0n) is 7.03. The minimum absolute atomic E-state index is 0.0493. The van der Waals surface area contributed by atoms with Gasteiger partial charge in [-0.3, -0.25) is 0 Å². The van der Waals surface area contributed by atoms with Crippen LogP contribution < -0.4 is 10.5 Å². The normalized spacial score (nSPS) is 9.23. The molecule has 0 amide bonds. The first-order chi connectivity index (χ1) is 6.27. The van der Waals surface area contributed by atoms with Gasteiger partial charge >= 0.3 is 0 Å². The van der Waals surface area contributed by atoms with Crippen LogP contribution in [-0.2, 0) is 0 Å². The maximum Gasteiger partial charge on any atom is 0.120 e. The number of nitrogen functional groups attached to an aromatic ring is 1. The molecule has 1 aromatic carbocycles. The Kier molecular flexibility index (Phi) is 3.12. The van der Waals surface area contributed by atoms with Crippen molar-refractivity contribution in [1.29, 1.82) is 5.26 Å². The lowest BCUT2D eigenvalue weighted by Crippen LogP contribution is -2.02. The Labute approximate surface area is 76.2 Å². The molecule has 13 heavy (non-hydrogen) atoms. The van der Waals surface area contributed by atoms with Gasteiger partial charge in [-0.15, -0.1) is 0 Å². The number of aliphatic hydroxyl groups excluding tert-OH is 1. The summed E-state index contributed by atoms with van der Waals surface area (Å²) in [6, 6.07) is 6.75. The molecule has 0 aliphatic rings. The molecule has 0 aliphatic heterocycles. The summed E-state index contributed by atoms with van der Waals surface area (Å²) in [5.41, 5.74) is 6.32. The van der Waals surface area contributed by atoms with Crippen LogP contribution in [0.2, 0.25) is 0 Å². The molecule has 0 aromatic heterocycles. The summed E-state index contributed by atoms with van der Waals surface area (Å²) in [7, 11) is 0. The van der Waals surface area contributed by atoms with Gasteiger partial charge in [-0.1, -0.05) is 0 Å². The summed E-state index contributed by atoms with van der Waals surface area (Å²) in [5.74, 6) is 0.541. The van der Waals surface area contributed by atoms with E-state index in [1.54, 1.807) is 18.2 Å². The van der Waals surface area contributed by atoms with E-state index in [4.69, 9.17) is 20.8 Å². The summed E-state index contributed by atoms with van der Waals surface area (Å²) in [5, 5.41) is 17.1. The molecule has 1 aromatic rings. The van der Waals surface area contributed by atoms with Crippen LogP contribution in [0, 0.1) is 11.3 Å². The van der Waals surface area contributed by atoms with Crippen LogP contribution in [-0.4, -0.2) is 18.3 Å². The highest BCUT2D eigenvalue weighted by Crippen LogP contribution is 2.18. The Morgan fingerprint density at radius 1 is 1.54 bits per heavy atom. The molecule has 0 fully saturated rings. The van der Waals surface area contributed by atoms with Crippen LogP contribution in [0.5, 0.6) is 5.75 Å². The number of anilines is 1. The Bertz CT molecular complexity index is 331. The zero-order chi connectivity index (χ0) is 9.68. The molecule has 0 saturated carbocycles. The van der Waals surface area contributed by atoms with Gasteiger partial charge in [-0.2, -0.15) is 5.26 Å². The minimum Gasteiger partial charge on any atom is -0.491 e. The molecule has 0 heterocycles. The van der Waals surface area contributed by atoms with Crippen molar-refractivity contribution >= 4 is 5.69 Å². The Morgan fingerprint density at radius 3 is 2.92 bits per heavy atom. The van der Waals surface area contributed by atoms with Gasteiger partial charge in [0.15, 0.2) is 0 Å². The topological polar surface area (TPSA) is 79.3 Å². The molecular formula is C9H10N2O2. The Balaban J connectivity index is 2.82. The van der Waals surface area contributed by atoms with Crippen molar-refractivity contribution in [3.8, 4) is 11.8 Å². The standard InChI is InChI=1S/C9H10N2O2/c10-6-7-5-8(13-4-3-12)1-2-9(7)11/h1-2,5,12H,3-4,11H2. The van der Waals surface area contributed by atoms with E-state index in [9.17, 15) is 0 Å². The maximum absolute atomic E-state index is 8.63. The number of nitrogens with two attached hydrogens (primary N) is 1. The summed E-state index contributed by atoms with van der Waals surface area (Å²) >= 11 is 0. The molecule has 68 valence electrons. The summed E-state index contributed by atoms with van der Waals surface area (Å²) in [6.45, 7) is 0.168. The van der Waals surface area contributed by atoms with E-state index in [2.05, 4.69) is 0 Å². The number of nitriles is 1. The van der Waals surface area contributed by atoms with Crippen molar-refractivity contribution < 1.29 is 9.84 Å². The van der Waals surface area contributed by atoms with Gasteiger partial charge in [0.05, 0.1) is 12.2 Å². The molecule has 1 rings (SSSR count). The molecule has 0 radical (unpaired) electrons. The van der Waals surface area contributed by atoms with Gasteiger partial charge in [-0.05, 0) is 18.2 Å². The Morgan fingerprint density at radius 2 is 2.31 bits per heavy atom. The largest absolute Gasteiger partial charge is 0.491 e. The average Bonchev–Trinajstić information content (AvgIpc) is 2.16. The molecule has 3 N–H and O–H groups in total. The SMILES string of the molecule is N#Cc1cc(OCCO)ccc1N. The molecule has 4 nitrogen and oxygen atoms in total. The number of ether oxygens (including phenoxy) is 1. The van der Waals surface area contributed by atoms with Gasteiger partial charge in [0.2, 0.25) is 0 Å². The molecular weight excluding hydrogens is 168 g/mol. The molecule has 0 saturated heterocycles. The van der Waals surface area contributed by atoms with Crippen molar-refractivity contribution in [2.75, 3.05) is 18.9 Å². The first-order valence-corrected chi connectivity index (χ1v) is 3.81. The van der Waals surface area contributed by atoms with E-state index in [0.717, 1.165) is 0 Å². The maximum atomic E-state index is 8.63. The van der Waals surface area contributed by atoms with Gasteiger partial charge < -0.3 is 15.6 Å². The van der Waals surface area contributed by atoms with E-state index < -0.39 is 0 Å². The second-order valence-corrected chi connectivity index (χ2v) is 2.43. The number of hydrogen-bond donors (Lipinski definition) is 2. The van der Waals surface area contributed by atoms with Crippen LogP contribution in [0.25, 0.3) is 0 Å². The first kappa shape index (κ1) is 9.36. The fourth-order valence-corrected chi connectivity index (χ4v) is 0.885. The van der Waals surface area contributed by atoms with Gasteiger partial charge in [0, 0.05) is 5.69 Å². The average molecular weight is 178 g/mol. The smallest absolute Gasteiger partial charge is 0.120 e. The quantitative estimate of drug-likeness (QED) is 0.661. The summed E-state index contributed by atoms with van der Waals surface area (Å²) in [4.78, 5) is 0. The second kappa shape index (κ2) is 4.33. The Hall–Kier alpha value is -1.73. The van der Waals surface area contributed by atoms with Gasteiger partial charge in [0.25, 0.3) is 0 Å². The lowest BCUT2D eigenvalue weighted by atomic mass is 10.2. The molecule has 0 unspecified atom stereocenters. The van der Waals surface area contributed by atoms with E-state index >= 15 is 0 Å². The van der Waals surface area contributed by atoms with Crippen LogP contribution in [0.3, 0.4) is 0 Å². The number of benzene rings is 1. The van der Waals surface area contributed by atoms with Crippen molar-refractivity contribution in [2.24, 2.45) is 0 Å². The third-order valence-corrected chi connectivity index (χ3v) is 1.51. The predicted molar refractivity (Wildman–Crippen MR) is 48.2 cm³/mol. The summed E-state index contributed by atoms with van der Waals surface area (Å²) < 4.78 is 5.10. The number of rotatable bonds is 3. The van der Waals surface area contributed by atoms with E-state index in [0.29, 0.717) is 17.0 Å². The molecule has 0 aliphatic carbocycles. The molecule has 0 atom stereocenters. The second-order valence-electron chi connectivity index (χ2n) is 2.43. The monoisotopic (exact) mass is 178 g/mol. The number of aliphatic hydroxyl groups is 1. The first-order valence-electron chi connectivity index (χ1n) is 3.81. The predicted octanol–water partition coefficient (Wildman–Crippen LogP) is 0.512. The highest BCUT2D eigenvalue weighted by atomic mass is 16.5. The van der Waals surface area contributed by atoms with Crippen molar-refractivity contribution in [3.63, 3.8) is 0 Å². The highest BCUT2D eigenvalue weighted by Gasteiger charge is 2.00. The van der Waals surface area contributed by atoms with E-state index in [1.807, 2.05) is 6.07 Å². The van der Waals surface area contributed by atoms with E-state index in [1.165, 1.54) is 0 Å². The van der Waals surface area contributed by atoms with Crippen molar-refractivity contribution in [2.45, 2.75) is 0 Å². The molecule has 0 bridgehead atoms. The van der Waals surface area contributed by atoms with Crippen LogP contribution in [0.1, 0.15) is 5.56 Å². The van der Waals surface area contributed by atoms with E-state index in [-0.39, 0.29) is 13.2 Å². The third-order valence-electron chi connectivity index (χ3n) is 1.51. The molecule has 4 heteroatoms. The van der Waals surface area contributed by atoms with Crippen LogP contribution in [0.15, 0.2) is 18.2 Å². The summed E-state index contributed by atoms with van der Waals surface area (Å²) in [6.07, 6.45) is 0.